The first kappa shape index (κ1) is 15.3. The minimum absolute atomic E-state index is 0.193. The van der Waals surface area contributed by atoms with Gasteiger partial charge in [-0.25, -0.2) is 0 Å². The predicted molar refractivity (Wildman–Crippen MR) is 86.0 cm³/mol. The quantitative estimate of drug-likeness (QED) is 0.644. The maximum Gasteiger partial charge on any atom is 0.283 e. The Labute approximate surface area is 125 Å². The van der Waals surface area contributed by atoms with Crippen LogP contribution in [0.15, 0.2) is 57.8 Å². The van der Waals surface area contributed by atoms with Crippen molar-refractivity contribution in [1.82, 2.24) is 4.90 Å². The molecule has 110 valence electrons. The first-order chi connectivity index (χ1) is 9.88. The first-order valence-electron chi connectivity index (χ1n) is 6.52. The third kappa shape index (κ3) is 3.92. The molecule has 0 aliphatic rings. The summed E-state index contributed by atoms with van der Waals surface area (Å²) in [6.07, 6.45) is 1.29. The van der Waals surface area contributed by atoms with Gasteiger partial charge in [0.15, 0.2) is 0 Å². The van der Waals surface area contributed by atoms with Gasteiger partial charge in [0, 0.05) is 14.1 Å². The number of hydrogen-bond acceptors (Lipinski definition) is 2. The predicted octanol–water partition coefficient (Wildman–Crippen LogP) is 2.94. The lowest BCUT2D eigenvalue weighted by atomic mass is 10.0. The lowest BCUT2D eigenvalue weighted by Gasteiger charge is -2.06. The molecule has 0 amide bonds. The van der Waals surface area contributed by atoms with Crippen molar-refractivity contribution in [1.29, 1.82) is 0 Å². The number of aryl methyl sites for hydroxylation is 1. The van der Waals surface area contributed by atoms with Gasteiger partial charge in [0.25, 0.3) is 10.0 Å². The summed E-state index contributed by atoms with van der Waals surface area (Å²) in [5.74, 6) is 0. The van der Waals surface area contributed by atoms with Crippen molar-refractivity contribution in [2.75, 3.05) is 14.1 Å². The Morgan fingerprint density at radius 2 is 1.67 bits per heavy atom. The molecule has 5 heteroatoms. The van der Waals surface area contributed by atoms with E-state index < -0.39 is 10.0 Å². The van der Waals surface area contributed by atoms with Gasteiger partial charge in [-0.2, -0.15) is 8.42 Å². The summed E-state index contributed by atoms with van der Waals surface area (Å²) in [5, 5.41) is 0. The van der Waals surface area contributed by atoms with Crippen LogP contribution >= 0.6 is 0 Å². The van der Waals surface area contributed by atoms with E-state index >= 15 is 0 Å². The number of rotatable bonds is 4. The molecule has 4 nitrogen and oxygen atoms in total. The Morgan fingerprint density at radius 1 is 1.00 bits per heavy atom. The van der Waals surface area contributed by atoms with Crippen LogP contribution in [0.4, 0.5) is 0 Å². The normalized spacial score (nSPS) is 11.8. The van der Waals surface area contributed by atoms with Crippen molar-refractivity contribution in [3.8, 4) is 11.1 Å². The fourth-order valence-corrected chi connectivity index (χ4v) is 2.76. The second kappa shape index (κ2) is 6.10. The highest BCUT2D eigenvalue weighted by molar-refractivity contribution is 7.90. The zero-order valence-electron chi connectivity index (χ0n) is 12.3. The van der Waals surface area contributed by atoms with Crippen LogP contribution in [0.3, 0.4) is 0 Å². The van der Waals surface area contributed by atoms with Crippen LogP contribution in [0.1, 0.15) is 5.56 Å². The highest BCUT2D eigenvalue weighted by Crippen LogP contribution is 2.23. The van der Waals surface area contributed by atoms with Crippen molar-refractivity contribution >= 4 is 16.4 Å². The van der Waals surface area contributed by atoms with Crippen molar-refractivity contribution in [2.24, 2.45) is 4.40 Å². The van der Waals surface area contributed by atoms with E-state index in [-0.39, 0.29) is 4.90 Å². The largest absolute Gasteiger partial charge is 0.368 e. The van der Waals surface area contributed by atoms with Gasteiger partial charge in [0.1, 0.15) is 6.34 Å². The van der Waals surface area contributed by atoms with E-state index in [1.54, 1.807) is 37.2 Å². The van der Waals surface area contributed by atoms with Crippen LogP contribution in [0.5, 0.6) is 0 Å². The van der Waals surface area contributed by atoms with E-state index in [2.05, 4.69) is 4.40 Å². The van der Waals surface area contributed by atoms with Gasteiger partial charge in [0.2, 0.25) is 0 Å². The molecule has 0 aromatic heterocycles. The molecule has 0 aliphatic heterocycles. The zero-order chi connectivity index (χ0) is 15.5. The third-order valence-electron chi connectivity index (χ3n) is 2.93. The fraction of sp³-hybridized carbons (Fsp3) is 0.188. The van der Waals surface area contributed by atoms with Gasteiger partial charge in [-0.1, -0.05) is 42.0 Å². The van der Waals surface area contributed by atoms with Gasteiger partial charge in [-0.15, -0.1) is 4.40 Å². The number of sulfonamides is 1. The minimum atomic E-state index is -3.67. The SMILES string of the molecule is Cc1ccc(-c2cccc(S(=O)(=O)/N=C/N(C)C)c2)cc1. The van der Waals surface area contributed by atoms with Gasteiger partial charge in [-0.3, -0.25) is 0 Å². The van der Waals surface area contributed by atoms with Crippen molar-refractivity contribution in [3.05, 3.63) is 54.1 Å². The Bertz CT molecular complexity index is 748. The summed E-state index contributed by atoms with van der Waals surface area (Å²) in [6.45, 7) is 2.01. The molecule has 0 aliphatic carbocycles. The van der Waals surface area contributed by atoms with Crippen molar-refractivity contribution < 1.29 is 8.42 Å². The summed E-state index contributed by atoms with van der Waals surface area (Å²) in [6, 6.07) is 14.8. The number of hydrogen-bond donors (Lipinski definition) is 0. The van der Waals surface area contributed by atoms with Gasteiger partial charge in [-0.05, 0) is 30.2 Å². The van der Waals surface area contributed by atoms with E-state index in [0.29, 0.717) is 0 Å². The summed E-state index contributed by atoms with van der Waals surface area (Å²) >= 11 is 0. The Kier molecular flexibility index (Phi) is 4.43. The minimum Gasteiger partial charge on any atom is -0.368 e. The third-order valence-corrected chi connectivity index (χ3v) is 4.16. The molecule has 2 rings (SSSR count). The summed E-state index contributed by atoms with van der Waals surface area (Å²) in [4.78, 5) is 1.78. The highest BCUT2D eigenvalue weighted by Gasteiger charge is 2.12. The van der Waals surface area contributed by atoms with Crippen LogP contribution in [0.25, 0.3) is 11.1 Å². The molecular formula is C16H18N2O2S. The van der Waals surface area contributed by atoms with E-state index in [0.717, 1.165) is 16.7 Å². The fourth-order valence-electron chi connectivity index (χ4n) is 1.80. The monoisotopic (exact) mass is 302 g/mol. The zero-order valence-corrected chi connectivity index (χ0v) is 13.1. The molecule has 0 unspecified atom stereocenters. The Balaban J connectivity index is 2.40. The van der Waals surface area contributed by atoms with E-state index in [4.69, 9.17) is 0 Å². The molecule has 0 atom stereocenters. The topological polar surface area (TPSA) is 49.7 Å². The van der Waals surface area contributed by atoms with Gasteiger partial charge in [0.05, 0.1) is 4.90 Å². The van der Waals surface area contributed by atoms with Crippen molar-refractivity contribution in [3.63, 3.8) is 0 Å². The molecule has 0 heterocycles. The molecule has 0 fully saturated rings. The Hall–Kier alpha value is -2.14. The van der Waals surface area contributed by atoms with Crippen LogP contribution in [-0.2, 0) is 10.0 Å². The van der Waals surface area contributed by atoms with E-state index in [1.165, 1.54) is 6.34 Å². The highest BCUT2D eigenvalue weighted by atomic mass is 32.2. The standard InChI is InChI=1S/C16H18N2O2S/c1-13-7-9-14(10-8-13)15-5-4-6-16(11-15)21(19,20)17-12-18(2)3/h4-12H,1-3H3/b17-12+. The van der Waals surface area contributed by atoms with Gasteiger partial charge < -0.3 is 4.90 Å². The number of nitrogens with zero attached hydrogens (tertiary/aromatic N) is 2. The average molecular weight is 302 g/mol. The van der Waals surface area contributed by atoms with E-state index in [9.17, 15) is 8.42 Å². The molecule has 0 bridgehead atoms. The molecule has 21 heavy (non-hydrogen) atoms. The van der Waals surface area contributed by atoms with Crippen LogP contribution < -0.4 is 0 Å². The van der Waals surface area contributed by atoms with Gasteiger partial charge >= 0.3 is 0 Å². The molecular weight excluding hydrogens is 284 g/mol. The molecule has 2 aromatic carbocycles. The van der Waals surface area contributed by atoms with Crippen molar-refractivity contribution in [2.45, 2.75) is 11.8 Å². The van der Waals surface area contributed by atoms with Crippen LogP contribution in [-0.4, -0.2) is 33.8 Å². The van der Waals surface area contributed by atoms with E-state index in [1.807, 2.05) is 37.3 Å². The summed E-state index contributed by atoms with van der Waals surface area (Å²) in [5.41, 5.74) is 3.00. The maximum atomic E-state index is 12.1. The lowest BCUT2D eigenvalue weighted by molar-refractivity contribution is 0.595. The second-order valence-electron chi connectivity index (χ2n) is 5.05. The summed E-state index contributed by atoms with van der Waals surface area (Å²) < 4.78 is 27.9. The summed E-state index contributed by atoms with van der Waals surface area (Å²) in [7, 11) is -0.218. The molecule has 0 saturated heterocycles. The number of benzene rings is 2. The van der Waals surface area contributed by atoms with Crippen LogP contribution in [0, 0.1) is 6.92 Å². The smallest absolute Gasteiger partial charge is 0.283 e. The average Bonchev–Trinajstić information content (AvgIpc) is 2.46. The molecule has 0 N–H and O–H groups in total. The molecule has 0 spiro atoms. The molecule has 2 aromatic rings. The Morgan fingerprint density at radius 3 is 2.29 bits per heavy atom. The molecule has 0 saturated carbocycles. The second-order valence-corrected chi connectivity index (χ2v) is 6.69. The first-order valence-corrected chi connectivity index (χ1v) is 7.96. The maximum absolute atomic E-state index is 12.1. The lowest BCUT2D eigenvalue weighted by Crippen LogP contribution is -2.10. The van der Waals surface area contributed by atoms with Crippen LogP contribution in [0.2, 0.25) is 0 Å². The molecule has 0 radical (unpaired) electrons.